The molecule has 4 rings (SSSR count). The van der Waals surface area contributed by atoms with Crippen molar-refractivity contribution in [3.63, 3.8) is 0 Å². The molecule has 0 saturated carbocycles. The van der Waals surface area contributed by atoms with Crippen molar-refractivity contribution in [1.82, 2.24) is 14.8 Å². The van der Waals surface area contributed by atoms with E-state index in [2.05, 4.69) is 4.98 Å². The molecule has 3 heterocycles. The van der Waals surface area contributed by atoms with Gasteiger partial charge in [0, 0.05) is 31.4 Å². The summed E-state index contributed by atoms with van der Waals surface area (Å²) in [5, 5.41) is 0. The van der Waals surface area contributed by atoms with Crippen molar-refractivity contribution in [2.24, 2.45) is 0 Å². The first-order chi connectivity index (χ1) is 14.6. The molecule has 0 atom stereocenters. The van der Waals surface area contributed by atoms with Crippen LogP contribution < -0.4 is 9.64 Å². The van der Waals surface area contributed by atoms with Gasteiger partial charge in [-0.25, -0.2) is 14.7 Å². The smallest absolute Gasteiger partial charge is 0.332 e. The molecule has 0 aliphatic carbocycles. The lowest BCUT2D eigenvalue weighted by molar-refractivity contribution is -0.116. The fourth-order valence-electron chi connectivity index (χ4n) is 3.94. The number of piperidine rings is 1. The molecule has 0 unspecified atom stereocenters. The normalized spacial score (nSPS) is 17.6. The van der Waals surface area contributed by atoms with E-state index in [0.29, 0.717) is 49.7 Å². The van der Waals surface area contributed by atoms with Gasteiger partial charge in [-0.2, -0.15) is 0 Å². The summed E-state index contributed by atoms with van der Waals surface area (Å²) in [7, 11) is 0. The van der Waals surface area contributed by atoms with Crippen LogP contribution in [-0.2, 0) is 4.79 Å². The van der Waals surface area contributed by atoms with Gasteiger partial charge in [0.1, 0.15) is 6.54 Å². The molecule has 0 bridgehead atoms. The fourth-order valence-corrected chi connectivity index (χ4v) is 3.94. The van der Waals surface area contributed by atoms with Crippen LogP contribution in [0.2, 0.25) is 0 Å². The Bertz CT molecular complexity index is 924. The van der Waals surface area contributed by atoms with E-state index in [4.69, 9.17) is 4.74 Å². The largest absolute Gasteiger partial charge is 0.478 e. The molecule has 1 aromatic heterocycles. The van der Waals surface area contributed by atoms with Gasteiger partial charge < -0.3 is 14.5 Å². The van der Waals surface area contributed by atoms with Gasteiger partial charge in [0.05, 0.1) is 17.9 Å². The Morgan fingerprint density at radius 1 is 1.10 bits per heavy atom. The third kappa shape index (κ3) is 3.85. The molecule has 4 amide bonds. The minimum Gasteiger partial charge on any atom is -0.478 e. The van der Waals surface area contributed by atoms with Crippen molar-refractivity contribution in [3.8, 4) is 5.88 Å². The first kappa shape index (κ1) is 19.9. The average molecular weight is 408 g/mol. The van der Waals surface area contributed by atoms with Crippen molar-refractivity contribution in [2.45, 2.75) is 25.8 Å². The number of benzene rings is 1. The summed E-state index contributed by atoms with van der Waals surface area (Å²) in [4.78, 5) is 46.9. The highest BCUT2D eigenvalue weighted by atomic mass is 16.5. The van der Waals surface area contributed by atoms with Crippen LogP contribution in [0.3, 0.4) is 0 Å². The van der Waals surface area contributed by atoms with Crippen LogP contribution in [0.4, 0.5) is 10.5 Å². The highest BCUT2D eigenvalue weighted by Gasteiger charge is 2.41. The number of amides is 4. The monoisotopic (exact) mass is 408 g/mol. The molecule has 2 fully saturated rings. The quantitative estimate of drug-likeness (QED) is 0.710. The molecule has 2 aliphatic rings. The lowest BCUT2D eigenvalue weighted by Gasteiger charge is -2.36. The molecule has 0 radical (unpaired) electrons. The maximum atomic E-state index is 12.9. The number of carbonyl (C=O) groups is 3. The van der Waals surface area contributed by atoms with E-state index in [1.807, 2.05) is 13.0 Å². The fraction of sp³-hybridized carbons (Fsp3) is 0.364. The van der Waals surface area contributed by atoms with Gasteiger partial charge >= 0.3 is 6.03 Å². The zero-order chi connectivity index (χ0) is 21.1. The van der Waals surface area contributed by atoms with Gasteiger partial charge in [0.2, 0.25) is 5.88 Å². The number of para-hydroxylation sites is 1. The van der Waals surface area contributed by atoms with Crippen LogP contribution in [0, 0.1) is 0 Å². The van der Waals surface area contributed by atoms with E-state index in [9.17, 15) is 14.4 Å². The molecular weight excluding hydrogens is 384 g/mol. The van der Waals surface area contributed by atoms with Gasteiger partial charge in [0.25, 0.3) is 11.8 Å². The molecule has 1 aromatic carbocycles. The third-order valence-corrected chi connectivity index (χ3v) is 5.47. The summed E-state index contributed by atoms with van der Waals surface area (Å²) >= 11 is 0. The number of pyridine rings is 1. The Balaban J connectivity index is 1.37. The van der Waals surface area contributed by atoms with Gasteiger partial charge in [0.15, 0.2) is 0 Å². The van der Waals surface area contributed by atoms with Crippen LogP contribution in [0.5, 0.6) is 5.88 Å². The highest BCUT2D eigenvalue weighted by molar-refractivity contribution is 6.19. The van der Waals surface area contributed by atoms with E-state index in [0.717, 1.165) is 0 Å². The first-order valence-electron chi connectivity index (χ1n) is 10.1. The number of carbonyl (C=O) groups excluding carboxylic acids is 3. The Morgan fingerprint density at radius 3 is 2.47 bits per heavy atom. The van der Waals surface area contributed by atoms with Crippen molar-refractivity contribution in [3.05, 3.63) is 54.2 Å². The number of nitrogens with zero attached hydrogens (tertiary/aromatic N) is 4. The summed E-state index contributed by atoms with van der Waals surface area (Å²) in [5.41, 5.74) is 1.10. The van der Waals surface area contributed by atoms with Gasteiger partial charge in [-0.15, -0.1) is 0 Å². The second kappa shape index (κ2) is 8.52. The SMILES string of the molecule is CCOc1ccc(C(=O)N2CCC(N3CC(=O)N(c4ccccc4)C3=O)CC2)cn1. The van der Waals surface area contributed by atoms with E-state index in [1.165, 1.54) is 11.1 Å². The first-order valence-corrected chi connectivity index (χ1v) is 10.1. The molecule has 156 valence electrons. The number of likely N-dealkylation sites (tertiary alicyclic amines) is 1. The van der Waals surface area contributed by atoms with E-state index >= 15 is 0 Å². The maximum Gasteiger partial charge on any atom is 0.332 e. The van der Waals surface area contributed by atoms with Crippen LogP contribution >= 0.6 is 0 Å². The summed E-state index contributed by atoms with van der Waals surface area (Å²) in [6.45, 7) is 3.53. The summed E-state index contributed by atoms with van der Waals surface area (Å²) in [5.74, 6) is 0.192. The number of urea groups is 1. The van der Waals surface area contributed by atoms with Gasteiger partial charge in [-0.3, -0.25) is 9.59 Å². The molecule has 8 nitrogen and oxygen atoms in total. The van der Waals surface area contributed by atoms with E-state index in [1.54, 1.807) is 46.2 Å². The standard InChI is InChI=1S/C22H24N4O4/c1-2-30-19-9-8-16(14-23-19)21(28)24-12-10-17(11-13-24)25-15-20(27)26(22(25)29)18-6-4-3-5-7-18/h3-9,14,17H,2,10-13,15H2,1H3. The number of rotatable bonds is 5. The minimum absolute atomic E-state index is 0.0577. The Kier molecular flexibility index (Phi) is 5.65. The summed E-state index contributed by atoms with van der Waals surface area (Å²) in [6.07, 6.45) is 2.80. The van der Waals surface area contributed by atoms with Crippen LogP contribution in [-0.4, -0.2) is 64.9 Å². The molecule has 2 saturated heterocycles. The number of anilines is 1. The predicted octanol–water partition coefficient (Wildman–Crippen LogP) is 2.55. The number of imide groups is 1. The van der Waals surface area contributed by atoms with Crippen LogP contribution in [0.15, 0.2) is 48.7 Å². The zero-order valence-electron chi connectivity index (χ0n) is 16.9. The Morgan fingerprint density at radius 2 is 1.83 bits per heavy atom. The van der Waals surface area contributed by atoms with E-state index in [-0.39, 0.29) is 30.4 Å². The van der Waals surface area contributed by atoms with Crippen molar-refractivity contribution in [2.75, 3.05) is 31.1 Å². The Labute approximate surface area is 175 Å². The summed E-state index contributed by atoms with van der Waals surface area (Å²) < 4.78 is 5.31. The summed E-state index contributed by atoms with van der Waals surface area (Å²) in [6, 6.07) is 12.0. The number of hydrogen-bond donors (Lipinski definition) is 0. The molecule has 0 N–H and O–H groups in total. The van der Waals surface area contributed by atoms with Crippen molar-refractivity contribution in [1.29, 1.82) is 0 Å². The third-order valence-electron chi connectivity index (χ3n) is 5.47. The van der Waals surface area contributed by atoms with Gasteiger partial charge in [-0.1, -0.05) is 18.2 Å². The number of hydrogen-bond acceptors (Lipinski definition) is 5. The Hall–Kier alpha value is -3.42. The second-order valence-corrected chi connectivity index (χ2v) is 7.32. The molecular formula is C22H24N4O4. The topological polar surface area (TPSA) is 83.0 Å². The zero-order valence-corrected chi connectivity index (χ0v) is 16.9. The van der Waals surface area contributed by atoms with Crippen molar-refractivity contribution >= 4 is 23.5 Å². The van der Waals surface area contributed by atoms with E-state index < -0.39 is 0 Å². The van der Waals surface area contributed by atoms with Crippen LogP contribution in [0.1, 0.15) is 30.1 Å². The molecule has 2 aromatic rings. The molecule has 0 spiro atoms. The average Bonchev–Trinajstić information content (AvgIpc) is 3.08. The highest BCUT2D eigenvalue weighted by Crippen LogP contribution is 2.26. The lowest BCUT2D eigenvalue weighted by atomic mass is 10.0. The molecule has 30 heavy (non-hydrogen) atoms. The minimum atomic E-state index is -0.285. The number of aromatic nitrogens is 1. The van der Waals surface area contributed by atoms with Crippen molar-refractivity contribution < 1.29 is 19.1 Å². The predicted molar refractivity (Wildman–Crippen MR) is 110 cm³/mol. The van der Waals surface area contributed by atoms with Gasteiger partial charge in [-0.05, 0) is 38.0 Å². The van der Waals surface area contributed by atoms with Crippen LogP contribution in [0.25, 0.3) is 0 Å². The number of ether oxygens (including phenoxy) is 1. The molecule has 2 aliphatic heterocycles. The lowest BCUT2D eigenvalue weighted by Crippen LogP contribution is -2.48. The molecule has 8 heteroatoms. The maximum absolute atomic E-state index is 12.9. The second-order valence-electron chi connectivity index (χ2n) is 7.32.